The van der Waals surface area contributed by atoms with Crippen molar-refractivity contribution in [3.8, 4) is 5.75 Å². The zero-order valence-electron chi connectivity index (χ0n) is 14.8. The van der Waals surface area contributed by atoms with Gasteiger partial charge >= 0.3 is 6.36 Å². The molecule has 4 nitrogen and oxygen atoms in total. The summed E-state index contributed by atoms with van der Waals surface area (Å²) in [5.41, 5.74) is 0.276. The summed E-state index contributed by atoms with van der Waals surface area (Å²) in [5.74, 6) is -0.202. The quantitative estimate of drug-likeness (QED) is 0.755. The van der Waals surface area contributed by atoms with Crippen molar-refractivity contribution in [2.24, 2.45) is 5.41 Å². The number of benzene rings is 1. The summed E-state index contributed by atoms with van der Waals surface area (Å²) in [6, 6.07) is 5.51. The largest absolute Gasteiger partial charge is 0.573 e. The van der Waals surface area contributed by atoms with E-state index in [1.165, 1.54) is 24.3 Å². The molecule has 144 valence electrons. The van der Waals surface area contributed by atoms with Crippen LogP contribution in [0.3, 0.4) is 0 Å². The first kappa shape index (κ1) is 19.0. The van der Waals surface area contributed by atoms with Gasteiger partial charge in [-0.05, 0) is 62.8 Å². The highest BCUT2D eigenvalue weighted by molar-refractivity contribution is 6.00. The first-order chi connectivity index (χ1) is 12.3. The Labute approximate surface area is 151 Å². The summed E-state index contributed by atoms with van der Waals surface area (Å²) in [4.78, 5) is 14.7. The summed E-state index contributed by atoms with van der Waals surface area (Å²) in [5, 5.41) is 0. The van der Waals surface area contributed by atoms with Gasteiger partial charge in [0.15, 0.2) is 0 Å². The van der Waals surface area contributed by atoms with Gasteiger partial charge in [0.05, 0.1) is 11.5 Å². The van der Waals surface area contributed by atoms with Crippen LogP contribution in [-0.2, 0) is 9.53 Å². The molecule has 0 unspecified atom stereocenters. The maximum atomic E-state index is 13.0. The first-order valence-corrected chi connectivity index (χ1v) is 9.12. The number of hydrogen-bond donors (Lipinski definition) is 0. The molecule has 1 aromatic carbocycles. The number of carbonyl (C=O) groups is 1. The van der Waals surface area contributed by atoms with Gasteiger partial charge in [-0.15, -0.1) is 13.2 Å². The summed E-state index contributed by atoms with van der Waals surface area (Å²) >= 11 is 0. The van der Waals surface area contributed by atoms with E-state index in [1.54, 1.807) is 4.90 Å². The minimum Gasteiger partial charge on any atom is -0.406 e. The van der Waals surface area contributed by atoms with E-state index in [4.69, 9.17) is 4.74 Å². The molecule has 1 aliphatic heterocycles. The van der Waals surface area contributed by atoms with Crippen molar-refractivity contribution < 1.29 is 27.4 Å². The molecule has 1 spiro atoms. The molecule has 0 atom stereocenters. The average molecular weight is 371 g/mol. The van der Waals surface area contributed by atoms with Crippen molar-refractivity contribution in [1.82, 2.24) is 0 Å². The van der Waals surface area contributed by atoms with Crippen LogP contribution >= 0.6 is 0 Å². The van der Waals surface area contributed by atoms with Crippen molar-refractivity contribution in [3.05, 3.63) is 24.3 Å². The van der Waals surface area contributed by atoms with Crippen molar-refractivity contribution in [3.63, 3.8) is 0 Å². The van der Waals surface area contributed by atoms with Crippen molar-refractivity contribution >= 4 is 11.6 Å². The molecule has 26 heavy (non-hydrogen) atoms. The fraction of sp³-hybridized carbons (Fsp3) is 0.632. The third-order valence-corrected chi connectivity index (χ3v) is 5.34. The molecular weight excluding hydrogens is 347 g/mol. The number of halogens is 3. The molecule has 1 aromatic rings. The molecule has 7 heteroatoms. The number of carbonyl (C=O) groups excluding carboxylic acids is 1. The molecule has 2 fully saturated rings. The fourth-order valence-electron chi connectivity index (χ4n) is 3.95. The molecule has 1 saturated heterocycles. The number of hydrogen-bond acceptors (Lipinski definition) is 3. The lowest BCUT2D eigenvalue weighted by molar-refractivity contribution is -0.274. The Morgan fingerprint density at radius 3 is 2.38 bits per heavy atom. The zero-order chi connectivity index (χ0) is 18.8. The minimum atomic E-state index is -4.71. The Balaban J connectivity index is 1.62. The maximum Gasteiger partial charge on any atom is 0.573 e. The summed E-state index contributed by atoms with van der Waals surface area (Å²) in [7, 11) is 0. The van der Waals surface area contributed by atoms with E-state index in [1.807, 2.05) is 0 Å². The SMILES string of the molecule is CCCOC1CCC2(CC1)CCN(c1ccc(OC(F)(F)F)cc1)C2=O. The van der Waals surface area contributed by atoms with Gasteiger partial charge in [-0.1, -0.05) is 6.92 Å². The number of alkyl halides is 3. The molecule has 2 aliphatic rings. The molecular formula is C19H24F3NO3. The lowest BCUT2D eigenvalue weighted by Crippen LogP contribution is -2.39. The predicted octanol–water partition coefficient (Wildman–Crippen LogP) is 4.68. The molecule has 3 rings (SSSR count). The van der Waals surface area contributed by atoms with Gasteiger partial charge in [0.2, 0.25) is 5.91 Å². The van der Waals surface area contributed by atoms with Crippen molar-refractivity contribution in [2.45, 2.75) is 57.9 Å². The van der Waals surface area contributed by atoms with Gasteiger partial charge in [0.1, 0.15) is 5.75 Å². The van der Waals surface area contributed by atoms with Crippen LogP contribution in [0.2, 0.25) is 0 Å². The Morgan fingerprint density at radius 1 is 1.15 bits per heavy atom. The minimum absolute atomic E-state index is 0.0796. The summed E-state index contributed by atoms with van der Waals surface area (Å²) in [6.45, 7) is 3.43. The third-order valence-electron chi connectivity index (χ3n) is 5.34. The molecule has 1 amide bonds. The Kier molecular flexibility index (Phi) is 5.46. The Morgan fingerprint density at radius 2 is 1.81 bits per heavy atom. The Hall–Kier alpha value is -1.76. The first-order valence-electron chi connectivity index (χ1n) is 9.12. The van der Waals surface area contributed by atoms with E-state index in [-0.39, 0.29) is 23.2 Å². The van der Waals surface area contributed by atoms with E-state index >= 15 is 0 Å². The molecule has 1 heterocycles. The molecule has 0 aromatic heterocycles. The van der Waals surface area contributed by atoms with Gasteiger partial charge in [0, 0.05) is 18.8 Å². The van der Waals surface area contributed by atoms with Gasteiger partial charge in [-0.2, -0.15) is 0 Å². The van der Waals surface area contributed by atoms with Crippen molar-refractivity contribution in [1.29, 1.82) is 0 Å². The molecule has 0 bridgehead atoms. The average Bonchev–Trinajstić information content (AvgIpc) is 2.91. The van der Waals surface area contributed by atoms with Crippen LogP contribution in [0.5, 0.6) is 5.75 Å². The fourth-order valence-corrected chi connectivity index (χ4v) is 3.95. The second kappa shape index (κ2) is 7.47. The van der Waals surface area contributed by atoms with E-state index < -0.39 is 6.36 Å². The highest BCUT2D eigenvalue weighted by Gasteiger charge is 2.48. The number of anilines is 1. The van der Waals surface area contributed by atoms with Crippen LogP contribution in [0.25, 0.3) is 0 Å². The molecule has 0 radical (unpaired) electrons. The molecule has 0 N–H and O–H groups in total. The van der Waals surface area contributed by atoms with E-state index in [9.17, 15) is 18.0 Å². The normalized spacial score (nSPS) is 26.5. The van der Waals surface area contributed by atoms with Gasteiger partial charge < -0.3 is 14.4 Å². The Bertz CT molecular complexity index is 622. The number of amides is 1. The smallest absolute Gasteiger partial charge is 0.406 e. The van der Waals surface area contributed by atoms with Gasteiger partial charge in [-0.25, -0.2) is 0 Å². The van der Waals surface area contributed by atoms with Crippen LogP contribution in [0, 0.1) is 5.41 Å². The second-order valence-corrected chi connectivity index (χ2v) is 7.10. The molecule has 1 saturated carbocycles. The van der Waals surface area contributed by atoms with Gasteiger partial charge in [0.25, 0.3) is 0 Å². The van der Waals surface area contributed by atoms with Gasteiger partial charge in [-0.3, -0.25) is 4.79 Å². The lowest BCUT2D eigenvalue weighted by atomic mass is 9.72. The number of ether oxygens (including phenoxy) is 2. The highest BCUT2D eigenvalue weighted by Crippen LogP contribution is 2.46. The van der Waals surface area contributed by atoms with E-state index in [0.29, 0.717) is 12.2 Å². The monoisotopic (exact) mass is 371 g/mol. The van der Waals surface area contributed by atoms with E-state index in [2.05, 4.69) is 11.7 Å². The maximum absolute atomic E-state index is 13.0. The van der Waals surface area contributed by atoms with Crippen LogP contribution < -0.4 is 9.64 Å². The summed E-state index contributed by atoms with van der Waals surface area (Å²) < 4.78 is 46.5. The zero-order valence-corrected chi connectivity index (χ0v) is 14.8. The topological polar surface area (TPSA) is 38.8 Å². The van der Waals surface area contributed by atoms with Crippen LogP contribution in [0.15, 0.2) is 24.3 Å². The van der Waals surface area contributed by atoms with Crippen LogP contribution in [0.4, 0.5) is 18.9 Å². The highest BCUT2D eigenvalue weighted by atomic mass is 19.4. The number of rotatable bonds is 5. The van der Waals surface area contributed by atoms with E-state index in [0.717, 1.165) is 45.1 Å². The standard InChI is InChI=1S/C19H24F3NO3/c1-2-13-25-15-7-9-18(10-8-15)11-12-23(17(18)24)14-3-5-16(6-4-14)26-19(20,21)22/h3-6,15H,2,7-13H2,1H3. The summed E-state index contributed by atoms with van der Waals surface area (Å²) in [6.07, 6.45) is 0.693. The van der Waals surface area contributed by atoms with Crippen molar-refractivity contribution in [2.75, 3.05) is 18.1 Å². The second-order valence-electron chi connectivity index (χ2n) is 7.10. The third kappa shape index (κ3) is 4.14. The molecule has 1 aliphatic carbocycles. The lowest BCUT2D eigenvalue weighted by Gasteiger charge is -2.35. The predicted molar refractivity (Wildman–Crippen MR) is 91.0 cm³/mol. The van der Waals surface area contributed by atoms with Crippen LogP contribution in [0.1, 0.15) is 45.4 Å². The van der Waals surface area contributed by atoms with Crippen LogP contribution in [-0.4, -0.2) is 31.5 Å². The number of nitrogens with zero attached hydrogens (tertiary/aromatic N) is 1.